The second-order valence-electron chi connectivity index (χ2n) is 4.14. The van der Waals surface area contributed by atoms with E-state index < -0.39 is 0 Å². The Kier molecular flexibility index (Phi) is 4.19. The molecule has 0 saturated heterocycles. The molecule has 2 aromatic rings. The number of aromatic amines is 1. The summed E-state index contributed by atoms with van der Waals surface area (Å²) in [6.07, 6.45) is 5.61. The van der Waals surface area contributed by atoms with Crippen LogP contribution in [0.2, 0.25) is 0 Å². The van der Waals surface area contributed by atoms with Crippen LogP contribution in [0.4, 0.5) is 11.5 Å². The number of anilines is 2. The number of hydrogen-bond donors (Lipinski definition) is 3. The predicted molar refractivity (Wildman–Crippen MR) is 76.5 cm³/mol. The molecule has 0 aliphatic carbocycles. The van der Waals surface area contributed by atoms with E-state index in [-0.39, 0.29) is 0 Å². The second-order valence-corrected chi connectivity index (χ2v) is 5.06. The molecule has 0 unspecified atom stereocenters. The van der Waals surface area contributed by atoms with Gasteiger partial charge in [0.15, 0.2) is 0 Å². The molecule has 4 N–H and O–H groups in total. The minimum absolute atomic E-state index is 0.656. The van der Waals surface area contributed by atoms with Crippen molar-refractivity contribution in [3.8, 4) is 0 Å². The lowest BCUT2D eigenvalue weighted by atomic mass is 10.1. The molecule has 6 heteroatoms. The molecule has 2 heterocycles. The van der Waals surface area contributed by atoms with Crippen LogP contribution in [0.1, 0.15) is 17.7 Å². The number of halogens is 1. The number of pyridine rings is 1. The lowest BCUT2D eigenvalue weighted by Crippen LogP contribution is -2.07. The van der Waals surface area contributed by atoms with Gasteiger partial charge in [-0.3, -0.25) is 5.10 Å². The average molecular weight is 310 g/mol. The van der Waals surface area contributed by atoms with Gasteiger partial charge in [0.1, 0.15) is 5.82 Å². The molecule has 0 amide bonds. The molecule has 0 radical (unpaired) electrons. The maximum Gasteiger partial charge on any atom is 0.149 e. The van der Waals surface area contributed by atoms with Gasteiger partial charge < -0.3 is 11.1 Å². The van der Waals surface area contributed by atoms with Crippen LogP contribution in [-0.4, -0.2) is 21.7 Å². The summed E-state index contributed by atoms with van der Waals surface area (Å²) < 4.78 is 0.888. The third-order valence-corrected chi connectivity index (χ3v) is 3.17. The summed E-state index contributed by atoms with van der Waals surface area (Å²) in [6, 6.07) is 1.84. The topological polar surface area (TPSA) is 79.6 Å². The maximum atomic E-state index is 5.85. The van der Waals surface area contributed by atoms with Crippen LogP contribution in [0.15, 0.2) is 22.9 Å². The van der Waals surface area contributed by atoms with Gasteiger partial charge in [0.05, 0.1) is 11.9 Å². The second kappa shape index (κ2) is 5.86. The normalized spacial score (nSPS) is 10.6. The number of nitrogens with two attached hydrogens (primary N) is 1. The number of rotatable bonds is 5. The van der Waals surface area contributed by atoms with Crippen molar-refractivity contribution in [3.63, 3.8) is 0 Å². The highest BCUT2D eigenvalue weighted by molar-refractivity contribution is 9.10. The lowest BCUT2D eigenvalue weighted by molar-refractivity contribution is 0.854. The fourth-order valence-electron chi connectivity index (χ4n) is 1.72. The average Bonchev–Trinajstić information content (AvgIpc) is 2.73. The van der Waals surface area contributed by atoms with Crippen LogP contribution in [0.25, 0.3) is 0 Å². The maximum absolute atomic E-state index is 5.85. The van der Waals surface area contributed by atoms with E-state index in [0.29, 0.717) is 5.69 Å². The molecule has 0 bridgehead atoms. The van der Waals surface area contributed by atoms with Gasteiger partial charge in [-0.05, 0) is 47.3 Å². The number of nitrogens with one attached hydrogen (secondary N) is 2. The summed E-state index contributed by atoms with van der Waals surface area (Å²) in [6.45, 7) is 2.87. The van der Waals surface area contributed by atoms with Crippen LogP contribution < -0.4 is 11.1 Å². The fourth-order valence-corrected chi connectivity index (χ4v) is 2.06. The van der Waals surface area contributed by atoms with Gasteiger partial charge in [-0.15, -0.1) is 0 Å². The van der Waals surface area contributed by atoms with Gasteiger partial charge in [-0.25, -0.2) is 4.98 Å². The van der Waals surface area contributed by atoms with Gasteiger partial charge in [-0.2, -0.15) is 5.10 Å². The first kappa shape index (κ1) is 12.9. The highest BCUT2D eigenvalue weighted by Gasteiger charge is 2.02. The van der Waals surface area contributed by atoms with Crippen molar-refractivity contribution in [2.75, 3.05) is 17.6 Å². The van der Waals surface area contributed by atoms with Crippen LogP contribution in [0, 0.1) is 6.92 Å². The van der Waals surface area contributed by atoms with Crippen molar-refractivity contribution >= 4 is 27.4 Å². The van der Waals surface area contributed by atoms with Crippen LogP contribution >= 0.6 is 15.9 Å². The monoisotopic (exact) mass is 309 g/mol. The molecule has 0 atom stereocenters. The minimum atomic E-state index is 0.656. The Morgan fingerprint density at radius 2 is 2.28 bits per heavy atom. The number of nitrogens with zero attached hydrogens (tertiary/aromatic N) is 2. The summed E-state index contributed by atoms with van der Waals surface area (Å²) in [5.74, 6) is 0.738. The Balaban J connectivity index is 1.80. The molecule has 0 spiro atoms. The predicted octanol–water partition coefficient (Wildman–Crippen LogP) is 2.50. The van der Waals surface area contributed by atoms with Crippen LogP contribution in [0.5, 0.6) is 0 Å². The molecule has 0 aliphatic rings. The first-order chi connectivity index (χ1) is 8.66. The van der Waals surface area contributed by atoms with Crippen LogP contribution in [-0.2, 0) is 6.42 Å². The van der Waals surface area contributed by atoms with Crippen molar-refractivity contribution in [1.82, 2.24) is 15.2 Å². The van der Waals surface area contributed by atoms with Crippen molar-refractivity contribution in [3.05, 3.63) is 34.2 Å². The van der Waals surface area contributed by atoms with Crippen molar-refractivity contribution < 1.29 is 0 Å². The van der Waals surface area contributed by atoms with Gasteiger partial charge >= 0.3 is 0 Å². The highest BCUT2D eigenvalue weighted by atomic mass is 79.9. The molecule has 0 aliphatic heterocycles. The van der Waals surface area contributed by atoms with Crippen molar-refractivity contribution in [1.29, 1.82) is 0 Å². The Labute approximate surface area is 114 Å². The van der Waals surface area contributed by atoms with E-state index in [1.54, 1.807) is 6.20 Å². The molecular formula is C12H16BrN5. The van der Waals surface area contributed by atoms with Crippen molar-refractivity contribution in [2.45, 2.75) is 19.8 Å². The van der Waals surface area contributed by atoms with Crippen LogP contribution in [0.3, 0.4) is 0 Å². The molecule has 0 saturated carbocycles. The summed E-state index contributed by atoms with van der Waals surface area (Å²) in [5, 5.41) is 10.2. The largest absolute Gasteiger partial charge is 0.396 e. The Morgan fingerprint density at radius 1 is 1.44 bits per heavy atom. The third-order valence-electron chi connectivity index (χ3n) is 2.73. The van der Waals surface area contributed by atoms with E-state index in [1.807, 2.05) is 19.2 Å². The van der Waals surface area contributed by atoms with E-state index in [2.05, 4.69) is 36.4 Å². The number of hydrogen-bond acceptors (Lipinski definition) is 4. The number of aromatic nitrogens is 3. The lowest BCUT2D eigenvalue weighted by Gasteiger charge is -2.08. The molecule has 0 aromatic carbocycles. The number of aryl methyl sites for hydroxylation is 2. The Morgan fingerprint density at radius 3 is 2.94 bits per heavy atom. The molecule has 2 rings (SSSR count). The minimum Gasteiger partial charge on any atom is -0.396 e. The van der Waals surface area contributed by atoms with Gasteiger partial charge in [0.25, 0.3) is 0 Å². The van der Waals surface area contributed by atoms with E-state index >= 15 is 0 Å². The van der Waals surface area contributed by atoms with Crippen molar-refractivity contribution in [2.24, 2.45) is 0 Å². The smallest absolute Gasteiger partial charge is 0.149 e. The molecule has 96 valence electrons. The molecular weight excluding hydrogens is 294 g/mol. The number of H-pyrrole nitrogens is 1. The third kappa shape index (κ3) is 3.22. The quantitative estimate of drug-likeness (QED) is 0.741. The Hall–Kier alpha value is -1.56. The Bertz CT molecular complexity index is 523. The van der Waals surface area contributed by atoms with E-state index in [9.17, 15) is 0 Å². The first-order valence-corrected chi connectivity index (χ1v) is 6.60. The standard InChI is InChI=1S/C12H16BrN5/c1-8-9(6-17-18-8)3-2-4-15-12-11(14)5-10(13)7-16-12/h5-7H,2-4,14H2,1H3,(H,15,16)(H,17,18). The number of nitrogen functional groups attached to an aromatic ring is 1. The van der Waals surface area contributed by atoms with Gasteiger partial charge in [0, 0.05) is 22.9 Å². The molecule has 18 heavy (non-hydrogen) atoms. The zero-order valence-corrected chi connectivity index (χ0v) is 11.8. The van der Waals surface area contributed by atoms with E-state index in [0.717, 1.165) is 35.4 Å². The zero-order chi connectivity index (χ0) is 13.0. The molecule has 2 aromatic heterocycles. The highest BCUT2D eigenvalue weighted by Crippen LogP contribution is 2.19. The molecule has 0 fully saturated rings. The fraction of sp³-hybridized carbons (Fsp3) is 0.333. The summed E-state index contributed by atoms with van der Waals surface area (Å²) >= 11 is 3.33. The van der Waals surface area contributed by atoms with E-state index in [4.69, 9.17) is 5.73 Å². The summed E-state index contributed by atoms with van der Waals surface area (Å²) in [7, 11) is 0. The van der Waals surface area contributed by atoms with Gasteiger partial charge in [0.2, 0.25) is 0 Å². The zero-order valence-electron chi connectivity index (χ0n) is 10.2. The summed E-state index contributed by atoms with van der Waals surface area (Å²) in [4.78, 5) is 4.23. The molecule has 5 nitrogen and oxygen atoms in total. The van der Waals surface area contributed by atoms with Gasteiger partial charge in [-0.1, -0.05) is 0 Å². The summed E-state index contributed by atoms with van der Waals surface area (Å²) in [5.41, 5.74) is 8.90. The SMILES string of the molecule is Cc1[nH]ncc1CCCNc1ncc(Br)cc1N. The van der Waals surface area contributed by atoms with E-state index in [1.165, 1.54) is 5.56 Å². The first-order valence-electron chi connectivity index (χ1n) is 5.80.